The lowest BCUT2D eigenvalue weighted by Gasteiger charge is -2.08. The lowest BCUT2D eigenvalue weighted by atomic mass is 10.1. The largest absolute Gasteiger partial charge is 0.497 e. The Kier molecular flexibility index (Phi) is 2.42. The van der Waals surface area contributed by atoms with E-state index in [-0.39, 0.29) is 12.4 Å². The molecule has 2 nitrogen and oxygen atoms in total. The highest BCUT2D eigenvalue weighted by molar-refractivity contribution is 5.39. The fraction of sp³-hybridized carbons (Fsp3) is 0.455. The number of aliphatic hydroxyl groups excluding tert-OH is 1. The smallest absolute Gasteiger partial charge is 0.132 e. The number of methoxy groups -OCH3 is 1. The summed E-state index contributed by atoms with van der Waals surface area (Å²) in [5.74, 6) is 0.684. The molecule has 0 radical (unpaired) electrons. The summed E-state index contributed by atoms with van der Waals surface area (Å²) in [6.07, 6.45) is 2.07. The van der Waals surface area contributed by atoms with Crippen LogP contribution in [0.15, 0.2) is 12.1 Å². The number of hydrogen-bond acceptors (Lipinski definition) is 2. The molecule has 2 rings (SSSR count). The van der Waals surface area contributed by atoms with Gasteiger partial charge in [-0.15, -0.1) is 0 Å². The van der Waals surface area contributed by atoms with Crippen LogP contribution in [0.4, 0.5) is 4.39 Å². The van der Waals surface area contributed by atoms with Crippen molar-refractivity contribution in [2.75, 3.05) is 7.11 Å². The van der Waals surface area contributed by atoms with Crippen molar-refractivity contribution in [2.45, 2.75) is 25.4 Å². The fourth-order valence-corrected chi connectivity index (χ4v) is 1.60. The molecule has 0 aliphatic heterocycles. The van der Waals surface area contributed by atoms with Crippen molar-refractivity contribution in [2.24, 2.45) is 0 Å². The van der Waals surface area contributed by atoms with Crippen molar-refractivity contribution in [3.05, 3.63) is 29.1 Å². The van der Waals surface area contributed by atoms with Gasteiger partial charge < -0.3 is 9.84 Å². The minimum atomic E-state index is -0.275. The Morgan fingerprint density at radius 2 is 2.21 bits per heavy atom. The predicted octanol–water partition coefficient (Wildman–Crippen LogP) is 2.20. The summed E-state index contributed by atoms with van der Waals surface area (Å²) in [7, 11) is 1.55. The summed E-state index contributed by atoms with van der Waals surface area (Å²) < 4.78 is 18.7. The summed E-state index contributed by atoms with van der Waals surface area (Å²) in [5.41, 5.74) is 1.01. The summed E-state index contributed by atoms with van der Waals surface area (Å²) >= 11 is 0. The first kappa shape index (κ1) is 9.46. The zero-order valence-corrected chi connectivity index (χ0v) is 8.09. The molecule has 0 spiro atoms. The van der Waals surface area contributed by atoms with Crippen LogP contribution < -0.4 is 4.74 Å². The van der Waals surface area contributed by atoms with Gasteiger partial charge in [-0.25, -0.2) is 4.39 Å². The first-order valence-corrected chi connectivity index (χ1v) is 4.73. The van der Waals surface area contributed by atoms with Crippen LogP contribution in [0, 0.1) is 5.82 Å². The third-order valence-electron chi connectivity index (χ3n) is 2.57. The van der Waals surface area contributed by atoms with Gasteiger partial charge in [0, 0.05) is 5.56 Å². The molecule has 0 heterocycles. The zero-order valence-electron chi connectivity index (χ0n) is 8.09. The average Bonchev–Trinajstić information content (AvgIpc) is 3.02. The highest BCUT2D eigenvalue weighted by atomic mass is 19.1. The van der Waals surface area contributed by atoms with Gasteiger partial charge in [-0.2, -0.15) is 0 Å². The van der Waals surface area contributed by atoms with Gasteiger partial charge >= 0.3 is 0 Å². The van der Waals surface area contributed by atoms with E-state index in [0.717, 1.165) is 12.8 Å². The van der Waals surface area contributed by atoms with Gasteiger partial charge in [0.05, 0.1) is 13.7 Å². The fourth-order valence-electron chi connectivity index (χ4n) is 1.60. The van der Waals surface area contributed by atoms with Gasteiger partial charge in [-0.05, 0) is 36.5 Å². The molecule has 76 valence electrons. The molecule has 0 atom stereocenters. The summed E-state index contributed by atoms with van der Waals surface area (Å²) in [5, 5.41) is 8.97. The molecule has 3 heteroatoms. The molecule has 1 fully saturated rings. The van der Waals surface area contributed by atoms with Crippen LogP contribution >= 0.6 is 0 Å². The Hall–Kier alpha value is -1.09. The van der Waals surface area contributed by atoms with Crippen molar-refractivity contribution in [1.29, 1.82) is 0 Å². The topological polar surface area (TPSA) is 29.5 Å². The lowest BCUT2D eigenvalue weighted by molar-refractivity contribution is 0.274. The second-order valence-electron chi connectivity index (χ2n) is 3.62. The van der Waals surface area contributed by atoms with Crippen LogP contribution in [-0.2, 0) is 6.61 Å². The van der Waals surface area contributed by atoms with Gasteiger partial charge in [0.1, 0.15) is 11.6 Å². The molecular formula is C11H13FO2. The molecule has 0 unspecified atom stereocenters. The maximum absolute atomic E-state index is 13.7. The Morgan fingerprint density at radius 3 is 2.71 bits per heavy atom. The van der Waals surface area contributed by atoms with Crippen LogP contribution in [0.3, 0.4) is 0 Å². The van der Waals surface area contributed by atoms with Crippen molar-refractivity contribution < 1.29 is 14.2 Å². The van der Waals surface area contributed by atoms with Crippen LogP contribution in [-0.4, -0.2) is 12.2 Å². The predicted molar refractivity (Wildman–Crippen MR) is 50.8 cm³/mol. The highest BCUT2D eigenvalue weighted by Gasteiger charge is 2.28. The van der Waals surface area contributed by atoms with Gasteiger partial charge in [0.15, 0.2) is 0 Å². The van der Waals surface area contributed by atoms with Crippen molar-refractivity contribution in [3.8, 4) is 5.75 Å². The number of ether oxygens (including phenoxy) is 1. The average molecular weight is 196 g/mol. The zero-order chi connectivity index (χ0) is 10.1. The van der Waals surface area contributed by atoms with E-state index in [2.05, 4.69) is 0 Å². The molecule has 0 amide bonds. The molecule has 1 N–H and O–H groups in total. The molecule has 1 saturated carbocycles. The Labute approximate surface area is 82.3 Å². The van der Waals surface area contributed by atoms with Crippen LogP contribution in [0.1, 0.15) is 29.9 Å². The second-order valence-corrected chi connectivity index (χ2v) is 3.62. The van der Waals surface area contributed by atoms with E-state index < -0.39 is 0 Å². The SMILES string of the molecule is COc1cc(CO)c(F)c(C2CC2)c1. The lowest BCUT2D eigenvalue weighted by Crippen LogP contribution is -1.97. The first-order chi connectivity index (χ1) is 6.76. The Balaban J connectivity index is 2.45. The van der Waals surface area contributed by atoms with E-state index in [1.165, 1.54) is 0 Å². The Bertz CT molecular complexity index is 345. The number of rotatable bonds is 3. The molecule has 14 heavy (non-hydrogen) atoms. The third-order valence-corrected chi connectivity index (χ3v) is 2.57. The van der Waals surface area contributed by atoms with Crippen LogP contribution in [0.2, 0.25) is 0 Å². The molecule has 0 aromatic heterocycles. The molecule has 1 aliphatic carbocycles. The molecule has 0 bridgehead atoms. The first-order valence-electron chi connectivity index (χ1n) is 4.73. The van der Waals surface area contributed by atoms with E-state index in [9.17, 15) is 4.39 Å². The van der Waals surface area contributed by atoms with Gasteiger partial charge in [-0.1, -0.05) is 0 Å². The number of hydrogen-bond donors (Lipinski definition) is 1. The summed E-state index contributed by atoms with van der Waals surface area (Å²) in [4.78, 5) is 0. The minimum absolute atomic E-state index is 0.268. The van der Waals surface area contributed by atoms with E-state index in [0.29, 0.717) is 22.8 Å². The number of aliphatic hydroxyl groups is 1. The van der Waals surface area contributed by atoms with Gasteiger partial charge in [-0.3, -0.25) is 0 Å². The van der Waals surface area contributed by atoms with E-state index in [4.69, 9.17) is 9.84 Å². The molecular weight excluding hydrogens is 183 g/mol. The molecule has 1 aromatic carbocycles. The van der Waals surface area contributed by atoms with E-state index in [1.54, 1.807) is 19.2 Å². The van der Waals surface area contributed by atoms with E-state index in [1.807, 2.05) is 0 Å². The maximum Gasteiger partial charge on any atom is 0.132 e. The second kappa shape index (κ2) is 3.58. The molecule has 1 aliphatic rings. The standard InChI is InChI=1S/C11H13FO2/c1-14-9-4-8(6-13)11(12)10(5-9)7-2-3-7/h4-5,7,13H,2-3,6H2,1H3. The normalized spacial score (nSPS) is 15.6. The highest BCUT2D eigenvalue weighted by Crippen LogP contribution is 2.43. The molecule has 0 saturated heterocycles. The van der Waals surface area contributed by atoms with Crippen molar-refractivity contribution in [1.82, 2.24) is 0 Å². The summed E-state index contributed by atoms with van der Waals surface area (Å²) in [6, 6.07) is 3.27. The van der Waals surface area contributed by atoms with Crippen LogP contribution in [0.5, 0.6) is 5.75 Å². The van der Waals surface area contributed by atoms with Gasteiger partial charge in [0.25, 0.3) is 0 Å². The quantitative estimate of drug-likeness (QED) is 0.803. The third kappa shape index (κ3) is 1.60. The van der Waals surface area contributed by atoms with E-state index >= 15 is 0 Å². The summed E-state index contributed by atoms with van der Waals surface area (Å²) in [6.45, 7) is -0.275. The van der Waals surface area contributed by atoms with Crippen molar-refractivity contribution in [3.63, 3.8) is 0 Å². The van der Waals surface area contributed by atoms with Gasteiger partial charge in [0.2, 0.25) is 0 Å². The Morgan fingerprint density at radius 1 is 1.50 bits per heavy atom. The van der Waals surface area contributed by atoms with Crippen LogP contribution in [0.25, 0.3) is 0 Å². The minimum Gasteiger partial charge on any atom is -0.497 e. The monoisotopic (exact) mass is 196 g/mol. The maximum atomic E-state index is 13.7. The molecule has 1 aromatic rings. The number of benzene rings is 1. The number of halogens is 1. The van der Waals surface area contributed by atoms with Crippen molar-refractivity contribution >= 4 is 0 Å².